The number of methoxy groups -OCH3 is 1. The Bertz CT molecular complexity index is 686. The van der Waals surface area contributed by atoms with E-state index in [0.29, 0.717) is 0 Å². The van der Waals surface area contributed by atoms with Gasteiger partial charge in [0.05, 0.1) is 7.11 Å². The molecule has 0 amide bonds. The first-order valence-electron chi connectivity index (χ1n) is 5.75. The van der Waals surface area contributed by atoms with Crippen LogP contribution in [0.3, 0.4) is 0 Å². The van der Waals surface area contributed by atoms with Crippen molar-refractivity contribution in [3.8, 4) is 17.1 Å². The van der Waals surface area contributed by atoms with E-state index in [9.17, 15) is 0 Å². The Kier molecular flexibility index (Phi) is 2.48. The maximum absolute atomic E-state index is 5.15. The number of nitrogens with zero attached hydrogens (tertiary/aromatic N) is 3. The molecule has 0 bridgehead atoms. The molecule has 2 heterocycles. The van der Waals surface area contributed by atoms with Gasteiger partial charge in [-0.3, -0.25) is 4.40 Å². The van der Waals surface area contributed by atoms with Crippen LogP contribution >= 0.6 is 0 Å². The molecule has 0 aliphatic rings. The number of ether oxygens (including phenoxy) is 1. The highest BCUT2D eigenvalue weighted by molar-refractivity contribution is 5.61. The lowest BCUT2D eigenvalue weighted by molar-refractivity contribution is 0.415. The first-order valence-corrected chi connectivity index (χ1v) is 5.75. The van der Waals surface area contributed by atoms with Crippen molar-refractivity contribution in [2.75, 3.05) is 7.11 Å². The van der Waals surface area contributed by atoms with Crippen LogP contribution in [-0.4, -0.2) is 21.7 Å². The Morgan fingerprint density at radius 3 is 2.50 bits per heavy atom. The van der Waals surface area contributed by atoms with E-state index < -0.39 is 0 Å². The number of hydrogen-bond donors (Lipinski definition) is 0. The molecule has 0 saturated carbocycles. The predicted molar refractivity (Wildman–Crippen MR) is 69.7 cm³/mol. The maximum Gasteiger partial charge on any atom is 0.168 e. The van der Waals surface area contributed by atoms with Crippen LogP contribution in [0.1, 0.15) is 5.69 Å². The Morgan fingerprint density at radius 2 is 1.78 bits per heavy atom. The van der Waals surface area contributed by atoms with Gasteiger partial charge in [-0.25, -0.2) is 0 Å². The Balaban J connectivity index is 2.18. The van der Waals surface area contributed by atoms with Crippen molar-refractivity contribution in [1.82, 2.24) is 14.6 Å². The fourth-order valence-corrected chi connectivity index (χ4v) is 2.03. The molecule has 4 heteroatoms. The highest BCUT2D eigenvalue weighted by Gasteiger charge is 2.09. The Morgan fingerprint density at radius 1 is 1.00 bits per heavy atom. The van der Waals surface area contributed by atoms with Gasteiger partial charge in [-0.05, 0) is 43.3 Å². The lowest BCUT2D eigenvalue weighted by Gasteiger charge is -2.04. The maximum atomic E-state index is 5.15. The van der Waals surface area contributed by atoms with Crippen molar-refractivity contribution >= 4 is 5.65 Å². The van der Waals surface area contributed by atoms with Crippen LogP contribution in [0.2, 0.25) is 0 Å². The average molecular weight is 239 g/mol. The summed E-state index contributed by atoms with van der Waals surface area (Å²) in [7, 11) is 1.66. The van der Waals surface area contributed by atoms with E-state index in [-0.39, 0.29) is 0 Å². The molecule has 90 valence electrons. The standard InChI is InChI=1S/C14H13N3O/c1-10-4-3-5-13-15-16-14(17(10)13)11-6-8-12(18-2)9-7-11/h3-9H,1-2H3. The molecule has 2 aromatic heterocycles. The van der Waals surface area contributed by atoms with Gasteiger partial charge in [-0.15, -0.1) is 10.2 Å². The van der Waals surface area contributed by atoms with Gasteiger partial charge in [-0.1, -0.05) is 6.07 Å². The van der Waals surface area contributed by atoms with Crippen LogP contribution in [0.15, 0.2) is 42.5 Å². The van der Waals surface area contributed by atoms with Crippen molar-refractivity contribution in [3.05, 3.63) is 48.2 Å². The second-order valence-electron chi connectivity index (χ2n) is 4.11. The largest absolute Gasteiger partial charge is 0.497 e. The van der Waals surface area contributed by atoms with Gasteiger partial charge in [0.25, 0.3) is 0 Å². The van der Waals surface area contributed by atoms with Crippen LogP contribution in [-0.2, 0) is 0 Å². The molecule has 0 saturated heterocycles. The van der Waals surface area contributed by atoms with E-state index in [2.05, 4.69) is 10.2 Å². The quantitative estimate of drug-likeness (QED) is 0.690. The van der Waals surface area contributed by atoms with E-state index in [1.54, 1.807) is 7.11 Å². The topological polar surface area (TPSA) is 39.4 Å². The molecule has 0 spiro atoms. The van der Waals surface area contributed by atoms with Gasteiger partial charge in [0.2, 0.25) is 0 Å². The molecule has 1 aromatic carbocycles. The smallest absolute Gasteiger partial charge is 0.168 e. The Hall–Kier alpha value is -2.36. The summed E-state index contributed by atoms with van der Waals surface area (Å²) >= 11 is 0. The first kappa shape index (κ1) is 10.8. The zero-order valence-electron chi connectivity index (χ0n) is 10.3. The zero-order valence-corrected chi connectivity index (χ0v) is 10.3. The summed E-state index contributed by atoms with van der Waals surface area (Å²) in [6.45, 7) is 2.05. The SMILES string of the molecule is COc1ccc(-c2nnc3cccc(C)n23)cc1. The summed E-state index contributed by atoms with van der Waals surface area (Å²) in [5.74, 6) is 1.69. The van der Waals surface area contributed by atoms with Crippen molar-refractivity contribution < 1.29 is 4.74 Å². The van der Waals surface area contributed by atoms with Crippen LogP contribution in [0.25, 0.3) is 17.0 Å². The third-order valence-electron chi connectivity index (χ3n) is 2.97. The summed E-state index contributed by atoms with van der Waals surface area (Å²) in [4.78, 5) is 0. The van der Waals surface area contributed by atoms with Gasteiger partial charge >= 0.3 is 0 Å². The molecule has 18 heavy (non-hydrogen) atoms. The molecule has 0 aliphatic heterocycles. The van der Waals surface area contributed by atoms with E-state index >= 15 is 0 Å². The summed E-state index contributed by atoms with van der Waals surface area (Å²) in [6, 6.07) is 13.8. The number of hydrogen-bond acceptors (Lipinski definition) is 3. The lowest BCUT2D eigenvalue weighted by Crippen LogP contribution is -1.93. The van der Waals surface area contributed by atoms with E-state index in [1.807, 2.05) is 53.8 Å². The highest BCUT2D eigenvalue weighted by atomic mass is 16.5. The fourth-order valence-electron chi connectivity index (χ4n) is 2.03. The second-order valence-corrected chi connectivity index (χ2v) is 4.11. The molecule has 0 aliphatic carbocycles. The van der Waals surface area contributed by atoms with E-state index in [1.165, 1.54) is 0 Å². The molecule has 0 radical (unpaired) electrons. The molecule has 0 atom stereocenters. The third kappa shape index (κ3) is 1.62. The van der Waals surface area contributed by atoms with Gasteiger partial charge in [0, 0.05) is 11.3 Å². The zero-order chi connectivity index (χ0) is 12.5. The molecule has 3 rings (SSSR count). The van der Waals surface area contributed by atoms with E-state index in [4.69, 9.17) is 4.74 Å². The van der Waals surface area contributed by atoms with Crippen molar-refractivity contribution in [2.24, 2.45) is 0 Å². The van der Waals surface area contributed by atoms with Gasteiger partial charge in [0.1, 0.15) is 5.75 Å². The Labute approximate surface area is 105 Å². The summed E-state index contributed by atoms with van der Waals surface area (Å²) in [5, 5.41) is 8.43. The van der Waals surface area contributed by atoms with Crippen LogP contribution in [0.4, 0.5) is 0 Å². The van der Waals surface area contributed by atoms with Crippen LogP contribution < -0.4 is 4.74 Å². The normalized spacial score (nSPS) is 10.8. The molecule has 0 unspecified atom stereocenters. The first-order chi connectivity index (χ1) is 8.79. The van der Waals surface area contributed by atoms with Crippen LogP contribution in [0, 0.1) is 6.92 Å². The third-order valence-corrected chi connectivity index (χ3v) is 2.97. The lowest BCUT2D eigenvalue weighted by atomic mass is 10.2. The van der Waals surface area contributed by atoms with Crippen LogP contribution in [0.5, 0.6) is 5.75 Å². The minimum atomic E-state index is 0.837. The van der Waals surface area contributed by atoms with Crippen molar-refractivity contribution in [2.45, 2.75) is 6.92 Å². The summed E-state index contributed by atoms with van der Waals surface area (Å²) in [6.07, 6.45) is 0. The molecular formula is C14H13N3O. The van der Waals surface area contributed by atoms with Gasteiger partial charge in [0.15, 0.2) is 11.5 Å². The molecule has 0 fully saturated rings. The van der Waals surface area contributed by atoms with E-state index in [0.717, 1.165) is 28.5 Å². The number of aromatic nitrogens is 3. The van der Waals surface area contributed by atoms with Crippen molar-refractivity contribution in [3.63, 3.8) is 0 Å². The number of benzene rings is 1. The van der Waals surface area contributed by atoms with Gasteiger partial charge in [-0.2, -0.15) is 0 Å². The number of rotatable bonds is 2. The second kappa shape index (κ2) is 4.14. The minimum absolute atomic E-state index is 0.837. The summed E-state index contributed by atoms with van der Waals surface area (Å²) in [5.41, 5.74) is 3.00. The molecular weight excluding hydrogens is 226 g/mol. The summed E-state index contributed by atoms with van der Waals surface area (Å²) < 4.78 is 7.20. The molecule has 0 N–H and O–H groups in total. The predicted octanol–water partition coefficient (Wildman–Crippen LogP) is 2.71. The molecule has 3 aromatic rings. The number of aryl methyl sites for hydroxylation is 1. The minimum Gasteiger partial charge on any atom is -0.497 e. The highest BCUT2D eigenvalue weighted by Crippen LogP contribution is 2.22. The monoisotopic (exact) mass is 239 g/mol. The van der Waals surface area contributed by atoms with Gasteiger partial charge < -0.3 is 4.74 Å². The average Bonchev–Trinajstić information content (AvgIpc) is 2.84. The fraction of sp³-hybridized carbons (Fsp3) is 0.143. The molecule has 4 nitrogen and oxygen atoms in total. The number of pyridine rings is 1. The van der Waals surface area contributed by atoms with Crippen molar-refractivity contribution in [1.29, 1.82) is 0 Å². The number of fused-ring (bicyclic) bond motifs is 1.